The van der Waals surface area contributed by atoms with Crippen molar-refractivity contribution in [3.05, 3.63) is 126 Å². The van der Waals surface area contributed by atoms with Gasteiger partial charge in [0, 0.05) is 13.0 Å². The van der Waals surface area contributed by atoms with Gasteiger partial charge in [0.15, 0.2) is 11.5 Å². The SMILES string of the molecule is COc1ccc(CCNC(=O)[C@H](c2ccccc2)n2c(Cc3ccccc3)nc3ccccc32)cc1OC. The molecule has 4 aromatic carbocycles. The molecule has 38 heavy (non-hydrogen) atoms. The third-order valence-corrected chi connectivity index (χ3v) is 6.66. The van der Waals surface area contributed by atoms with Crippen LogP contribution in [-0.2, 0) is 17.6 Å². The van der Waals surface area contributed by atoms with Gasteiger partial charge in [-0.05, 0) is 47.4 Å². The number of methoxy groups -OCH3 is 2. The fourth-order valence-electron chi connectivity index (χ4n) is 4.80. The third kappa shape index (κ3) is 5.39. The first kappa shape index (κ1) is 25.1. The van der Waals surface area contributed by atoms with E-state index in [4.69, 9.17) is 14.5 Å². The number of hydrogen-bond acceptors (Lipinski definition) is 4. The highest BCUT2D eigenvalue weighted by Gasteiger charge is 2.27. The first-order valence-electron chi connectivity index (χ1n) is 12.7. The van der Waals surface area contributed by atoms with Crippen LogP contribution in [0, 0.1) is 0 Å². The van der Waals surface area contributed by atoms with Crippen molar-refractivity contribution >= 4 is 16.9 Å². The number of nitrogens with one attached hydrogen (secondary N) is 1. The van der Waals surface area contributed by atoms with Crippen molar-refractivity contribution in [2.75, 3.05) is 20.8 Å². The van der Waals surface area contributed by atoms with E-state index in [1.807, 2.05) is 91.0 Å². The van der Waals surface area contributed by atoms with E-state index in [2.05, 4.69) is 22.0 Å². The van der Waals surface area contributed by atoms with Crippen molar-refractivity contribution in [2.24, 2.45) is 0 Å². The van der Waals surface area contributed by atoms with Gasteiger partial charge in [-0.25, -0.2) is 4.98 Å². The summed E-state index contributed by atoms with van der Waals surface area (Å²) in [6.07, 6.45) is 1.28. The van der Waals surface area contributed by atoms with Crippen LogP contribution in [0.25, 0.3) is 11.0 Å². The van der Waals surface area contributed by atoms with Crippen LogP contribution < -0.4 is 14.8 Å². The number of amides is 1. The van der Waals surface area contributed by atoms with E-state index in [9.17, 15) is 4.79 Å². The van der Waals surface area contributed by atoms with Crippen molar-refractivity contribution in [3.63, 3.8) is 0 Å². The number of nitrogens with zero attached hydrogens (tertiary/aromatic N) is 2. The largest absolute Gasteiger partial charge is 0.493 e. The van der Waals surface area contributed by atoms with E-state index in [1.165, 1.54) is 0 Å². The maximum atomic E-state index is 13.9. The van der Waals surface area contributed by atoms with Crippen molar-refractivity contribution in [1.29, 1.82) is 0 Å². The van der Waals surface area contributed by atoms with Crippen LogP contribution in [0.1, 0.15) is 28.6 Å². The smallest absolute Gasteiger partial charge is 0.247 e. The first-order valence-corrected chi connectivity index (χ1v) is 12.7. The minimum Gasteiger partial charge on any atom is -0.493 e. The molecule has 1 atom stereocenters. The predicted octanol–water partition coefficient (Wildman–Crippen LogP) is 5.59. The van der Waals surface area contributed by atoms with Gasteiger partial charge in [-0.15, -0.1) is 0 Å². The van der Waals surface area contributed by atoms with Crippen LogP contribution >= 0.6 is 0 Å². The number of imidazole rings is 1. The van der Waals surface area contributed by atoms with Crippen LogP contribution in [-0.4, -0.2) is 36.2 Å². The minimum atomic E-state index is -0.562. The van der Waals surface area contributed by atoms with Crippen molar-refractivity contribution in [1.82, 2.24) is 14.9 Å². The number of ether oxygens (including phenoxy) is 2. The van der Waals surface area contributed by atoms with Gasteiger partial charge in [0.2, 0.25) is 5.91 Å². The Morgan fingerprint density at radius 3 is 2.24 bits per heavy atom. The first-order chi connectivity index (χ1) is 18.7. The minimum absolute atomic E-state index is 0.0749. The fraction of sp³-hybridized carbons (Fsp3) is 0.188. The second-order valence-electron chi connectivity index (χ2n) is 9.09. The molecule has 6 heteroatoms. The summed E-state index contributed by atoms with van der Waals surface area (Å²) in [6.45, 7) is 0.484. The second-order valence-corrected chi connectivity index (χ2v) is 9.09. The zero-order valence-electron chi connectivity index (χ0n) is 21.6. The molecule has 5 aromatic rings. The predicted molar refractivity (Wildman–Crippen MR) is 150 cm³/mol. The molecule has 0 saturated carbocycles. The lowest BCUT2D eigenvalue weighted by Gasteiger charge is -2.22. The van der Waals surface area contributed by atoms with Gasteiger partial charge in [0.1, 0.15) is 11.9 Å². The lowest BCUT2D eigenvalue weighted by atomic mass is 10.0. The summed E-state index contributed by atoms with van der Waals surface area (Å²) in [6, 6.07) is 33.4. The molecule has 0 unspecified atom stereocenters. The van der Waals surface area contributed by atoms with Crippen LogP contribution in [0.4, 0.5) is 0 Å². The average molecular weight is 506 g/mol. The number of carbonyl (C=O) groups is 1. The molecule has 1 amide bonds. The van der Waals surface area contributed by atoms with E-state index in [1.54, 1.807) is 14.2 Å². The molecule has 1 N–H and O–H groups in total. The molecular weight excluding hydrogens is 474 g/mol. The van der Waals surface area contributed by atoms with Gasteiger partial charge >= 0.3 is 0 Å². The molecule has 0 spiro atoms. The Labute approximate surface area is 222 Å². The van der Waals surface area contributed by atoms with Crippen LogP contribution in [0.5, 0.6) is 11.5 Å². The van der Waals surface area contributed by atoms with Gasteiger partial charge in [-0.2, -0.15) is 0 Å². The van der Waals surface area contributed by atoms with E-state index < -0.39 is 6.04 Å². The quantitative estimate of drug-likeness (QED) is 0.269. The summed E-state index contributed by atoms with van der Waals surface area (Å²) in [7, 11) is 3.24. The highest BCUT2D eigenvalue weighted by molar-refractivity contribution is 5.87. The summed E-state index contributed by atoms with van der Waals surface area (Å²) < 4.78 is 12.9. The molecular formula is C32H31N3O3. The number of fused-ring (bicyclic) bond motifs is 1. The van der Waals surface area contributed by atoms with Gasteiger partial charge in [-0.1, -0.05) is 78.9 Å². The molecule has 0 radical (unpaired) electrons. The van der Waals surface area contributed by atoms with Gasteiger partial charge in [0.25, 0.3) is 0 Å². The van der Waals surface area contributed by atoms with E-state index in [0.717, 1.165) is 33.5 Å². The number of benzene rings is 4. The summed E-state index contributed by atoms with van der Waals surface area (Å²) in [5.41, 5.74) is 4.91. The maximum Gasteiger partial charge on any atom is 0.247 e. The molecule has 0 bridgehead atoms. The number of rotatable bonds is 10. The third-order valence-electron chi connectivity index (χ3n) is 6.66. The highest BCUT2D eigenvalue weighted by atomic mass is 16.5. The molecule has 0 fully saturated rings. The Morgan fingerprint density at radius 2 is 1.50 bits per heavy atom. The summed E-state index contributed by atoms with van der Waals surface area (Å²) >= 11 is 0. The Kier molecular flexibility index (Phi) is 7.69. The lowest BCUT2D eigenvalue weighted by Crippen LogP contribution is -2.35. The van der Waals surface area contributed by atoms with Crippen molar-refractivity contribution in [3.8, 4) is 11.5 Å². The number of hydrogen-bond donors (Lipinski definition) is 1. The Balaban J connectivity index is 1.46. The van der Waals surface area contributed by atoms with Crippen molar-refractivity contribution in [2.45, 2.75) is 18.9 Å². The fourth-order valence-corrected chi connectivity index (χ4v) is 4.80. The molecule has 0 aliphatic carbocycles. The summed E-state index contributed by atoms with van der Waals surface area (Å²) in [5.74, 6) is 2.13. The number of para-hydroxylation sites is 2. The van der Waals surface area contributed by atoms with E-state index in [-0.39, 0.29) is 5.91 Å². The molecule has 0 saturated heterocycles. The monoisotopic (exact) mass is 505 g/mol. The van der Waals surface area contributed by atoms with Crippen LogP contribution in [0.2, 0.25) is 0 Å². The molecule has 1 heterocycles. The average Bonchev–Trinajstić information content (AvgIpc) is 3.31. The van der Waals surface area contributed by atoms with Crippen LogP contribution in [0.3, 0.4) is 0 Å². The Hall–Kier alpha value is -4.58. The summed E-state index contributed by atoms with van der Waals surface area (Å²) in [5, 5.41) is 3.18. The maximum absolute atomic E-state index is 13.9. The summed E-state index contributed by atoms with van der Waals surface area (Å²) in [4.78, 5) is 18.9. The zero-order valence-corrected chi connectivity index (χ0v) is 21.6. The van der Waals surface area contributed by atoms with Gasteiger partial charge in [0.05, 0.1) is 25.3 Å². The van der Waals surface area contributed by atoms with E-state index in [0.29, 0.717) is 30.9 Å². The molecule has 1 aromatic heterocycles. The highest BCUT2D eigenvalue weighted by Crippen LogP contribution is 2.29. The van der Waals surface area contributed by atoms with Gasteiger partial charge in [-0.3, -0.25) is 4.79 Å². The molecule has 192 valence electrons. The number of carbonyl (C=O) groups excluding carboxylic acids is 1. The van der Waals surface area contributed by atoms with E-state index >= 15 is 0 Å². The van der Waals surface area contributed by atoms with Gasteiger partial charge < -0.3 is 19.4 Å². The Bertz CT molecular complexity index is 1510. The molecule has 0 aliphatic heterocycles. The Morgan fingerprint density at radius 1 is 0.816 bits per heavy atom. The standard InChI is InChI=1S/C32H31N3O3/c1-37-28-18-17-24(21-29(28)38-2)19-20-33-32(36)31(25-13-7-4-8-14-25)35-27-16-10-9-15-26(27)34-30(35)22-23-11-5-3-6-12-23/h3-18,21,31H,19-20,22H2,1-2H3,(H,33,36)/t31-/m0/s1. The van der Waals surface area contributed by atoms with Crippen LogP contribution in [0.15, 0.2) is 103 Å². The second kappa shape index (κ2) is 11.6. The molecule has 5 rings (SSSR count). The molecule has 0 aliphatic rings. The number of aromatic nitrogens is 2. The van der Waals surface area contributed by atoms with Crippen molar-refractivity contribution < 1.29 is 14.3 Å². The topological polar surface area (TPSA) is 65.4 Å². The normalized spacial score (nSPS) is 11.7. The molecule has 6 nitrogen and oxygen atoms in total. The lowest BCUT2D eigenvalue weighted by molar-refractivity contribution is -0.123. The zero-order chi connectivity index (χ0) is 26.3.